The number of thioether (sulfide) groups is 1. The first-order valence-corrected chi connectivity index (χ1v) is 15.8. The van der Waals surface area contributed by atoms with Crippen molar-refractivity contribution < 1.29 is 22.4 Å². The van der Waals surface area contributed by atoms with E-state index in [9.17, 15) is 23.3 Å². The zero-order chi connectivity index (χ0) is 28.5. The Bertz CT molecular complexity index is 1510. The Morgan fingerprint density at radius 1 is 1.18 bits per heavy atom. The lowest BCUT2D eigenvalue weighted by Crippen LogP contribution is -2.37. The molecule has 3 aliphatic rings. The van der Waals surface area contributed by atoms with Crippen molar-refractivity contribution in [2.75, 3.05) is 24.2 Å². The topological polar surface area (TPSA) is 133 Å². The molecule has 0 bridgehead atoms. The minimum Gasteiger partial charge on any atom is -0.468 e. The van der Waals surface area contributed by atoms with Gasteiger partial charge in [-0.25, -0.2) is 8.42 Å². The molecular formula is C29H32N4O5S2. The molecule has 40 heavy (non-hydrogen) atoms. The van der Waals surface area contributed by atoms with Crippen LogP contribution in [0.2, 0.25) is 0 Å². The van der Waals surface area contributed by atoms with Gasteiger partial charge in [0, 0.05) is 36.5 Å². The Kier molecular flexibility index (Phi) is 7.95. The summed E-state index contributed by atoms with van der Waals surface area (Å²) in [4.78, 5) is 26.2. The summed E-state index contributed by atoms with van der Waals surface area (Å²) in [6.45, 7) is 5.12. The number of hydrogen-bond donors (Lipinski definition) is 2. The number of dihydropyridines is 1. The van der Waals surface area contributed by atoms with Crippen LogP contribution in [-0.4, -0.2) is 43.3 Å². The van der Waals surface area contributed by atoms with Gasteiger partial charge in [0.05, 0.1) is 39.5 Å². The SMILES string of the molecule is CC1(C)CC(=O)C2=C(C1)NC(SCC(=O)Nc1ccc(S(=O)(=O)N3CCCCC3)cc1)=C(C#N)[C@@H]2c1ccco1. The lowest BCUT2D eigenvalue weighted by Gasteiger charge is -2.38. The zero-order valence-electron chi connectivity index (χ0n) is 22.5. The maximum atomic E-state index is 13.2. The number of nitrogens with one attached hydrogen (secondary N) is 2. The molecule has 3 heterocycles. The fourth-order valence-electron chi connectivity index (χ4n) is 5.53. The predicted molar refractivity (Wildman–Crippen MR) is 152 cm³/mol. The van der Waals surface area contributed by atoms with Gasteiger partial charge in [-0.2, -0.15) is 9.57 Å². The monoisotopic (exact) mass is 580 g/mol. The highest BCUT2D eigenvalue weighted by Crippen LogP contribution is 2.47. The van der Waals surface area contributed by atoms with Crippen molar-refractivity contribution in [1.29, 1.82) is 5.26 Å². The Hall–Kier alpha value is -3.33. The van der Waals surface area contributed by atoms with E-state index in [0.717, 1.165) is 25.0 Å². The summed E-state index contributed by atoms with van der Waals surface area (Å²) in [5.74, 6) is -0.426. The number of amides is 1. The summed E-state index contributed by atoms with van der Waals surface area (Å²) in [6.07, 6.45) is 5.29. The second-order valence-corrected chi connectivity index (χ2v) is 14.0. The van der Waals surface area contributed by atoms with E-state index >= 15 is 0 Å². The first kappa shape index (κ1) is 28.2. The molecule has 1 atom stereocenters. The van der Waals surface area contributed by atoms with Gasteiger partial charge < -0.3 is 15.1 Å². The van der Waals surface area contributed by atoms with Crippen LogP contribution in [0.4, 0.5) is 5.69 Å². The fraction of sp³-hybridized carbons (Fsp3) is 0.414. The normalized spacial score (nSPS) is 21.4. The maximum Gasteiger partial charge on any atom is 0.243 e. The first-order valence-electron chi connectivity index (χ1n) is 13.3. The summed E-state index contributed by atoms with van der Waals surface area (Å²) in [5.41, 5.74) is 1.90. The second kappa shape index (κ2) is 11.3. The molecule has 5 rings (SSSR count). The van der Waals surface area contributed by atoms with Gasteiger partial charge in [0.15, 0.2) is 5.78 Å². The molecule has 2 aliphatic heterocycles. The minimum atomic E-state index is -3.55. The van der Waals surface area contributed by atoms with E-state index in [2.05, 4.69) is 16.7 Å². The van der Waals surface area contributed by atoms with Crippen molar-refractivity contribution in [2.45, 2.75) is 56.8 Å². The van der Waals surface area contributed by atoms with E-state index in [0.29, 0.717) is 53.6 Å². The van der Waals surface area contributed by atoms with Crippen molar-refractivity contribution in [2.24, 2.45) is 5.41 Å². The molecule has 1 aliphatic carbocycles. The van der Waals surface area contributed by atoms with Crippen LogP contribution in [0.3, 0.4) is 0 Å². The zero-order valence-corrected chi connectivity index (χ0v) is 24.2. The van der Waals surface area contributed by atoms with Gasteiger partial charge in [-0.3, -0.25) is 9.59 Å². The Labute approximate surface area is 238 Å². The second-order valence-electron chi connectivity index (χ2n) is 11.1. The molecule has 0 spiro atoms. The number of allylic oxidation sites excluding steroid dienone is 3. The Morgan fingerprint density at radius 2 is 1.90 bits per heavy atom. The van der Waals surface area contributed by atoms with Gasteiger partial charge >= 0.3 is 0 Å². The van der Waals surface area contributed by atoms with E-state index < -0.39 is 15.9 Å². The molecule has 0 radical (unpaired) electrons. The molecule has 0 saturated carbocycles. The molecule has 1 amide bonds. The molecule has 1 aromatic carbocycles. The molecule has 1 aromatic heterocycles. The number of sulfonamides is 1. The molecule has 210 valence electrons. The number of anilines is 1. The number of furan rings is 1. The molecule has 2 N–H and O–H groups in total. The number of carbonyl (C=O) groups is 2. The van der Waals surface area contributed by atoms with Crippen LogP contribution in [0.1, 0.15) is 57.6 Å². The third-order valence-electron chi connectivity index (χ3n) is 7.39. The van der Waals surface area contributed by atoms with Gasteiger partial charge in [-0.1, -0.05) is 32.0 Å². The molecule has 0 unspecified atom stereocenters. The van der Waals surface area contributed by atoms with Crippen LogP contribution in [0, 0.1) is 16.7 Å². The average Bonchev–Trinajstić information content (AvgIpc) is 3.46. The van der Waals surface area contributed by atoms with Crippen molar-refractivity contribution >= 4 is 39.2 Å². The van der Waals surface area contributed by atoms with Crippen LogP contribution in [0.5, 0.6) is 0 Å². The number of nitriles is 1. The Morgan fingerprint density at radius 3 is 2.55 bits per heavy atom. The van der Waals surface area contributed by atoms with Gasteiger partial charge in [0.25, 0.3) is 0 Å². The summed E-state index contributed by atoms with van der Waals surface area (Å²) < 4.78 is 32.9. The molecule has 2 aromatic rings. The quantitative estimate of drug-likeness (QED) is 0.473. The lowest BCUT2D eigenvalue weighted by molar-refractivity contribution is -0.118. The van der Waals surface area contributed by atoms with E-state index in [1.807, 2.05) is 13.8 Å². The number of nitrogens with zero attached hydrogens (tertiary/aromatic N) is 2. The van der Waals surface area contributed by atoms with Gasteiger partial charge in [0.1, 0.15) is 5.76 Å². The smallest absolute Gasteiger partial charge is 0.243 e. The van der Waals surface area contributed by atoms with E-state index in [1.54, 1.807) is 24.3 Å². The van der Waals surface area contributed by atoms with E-state index in [4.69, 9.17) is 4.42 Å². The minimum absolute atomic E-state index is 0.00612. The summed E-state index contributed by atoms with van der Waals surface area (Å²) in [7, 11) is -3.55. The average molecular weight is 581 g/mol. The number of rotatable bonds is 7. The van der Waals surface area contributed by atoms with Gasteiger partial charge in [0.2, 0.25) is 15.9 Å². The fourth-order valence-corrected chi connectivity index (χ4v) is 7.91. The highest BCUT2D eigenvalue weighted by Gasteiger charge is 2.43. The van der Waals surface area contributed by atoms with Crippen molar-refractivity contribution in [1.82, 2.24) is 9.62 Å². The van der Waals surface area contributed by atoms with Gasteiger partial charge in [-0.15, -0.1) is 0 Å². The van der Waals surface area contributed by atoms with Crippen molar-refractivity contribution in [3.63, 3.8) is 0 Å². The molecule has 1 fully saturated rings. The summed E-state index contributed by atoms with van der Waals surface area (Å²) in [5, 5.41) is 16.7. The van der Waals surface area contributed by atoms with Crippen LogP contribution in [-0.2, 0) is 19.6 Å². The molecule has 11 heteroatoms. The number of Topliss-reactive ketones (excluding diaryl/α,β-unsaturated/α-hetero) is 1. The molecule has 9 nitrogen and oxygen atoms in total. The van der Waals surface area contributed by atoms with Crippen molar-refractivity contribution in [3.05, 3.63) is 70.3 Å². The maximum absolute atomic E-state index is 13.2. The summed E-state index contributed by atoms with van der Waals surface area (Å²) >= 11 is 1.19. The Balaban J connectivity index is 1.30. The van der Waals surface area contributed by atoms with E-state index in [-0.39, 0.29) is 27.8 Å². The number of benzene rings is 1. The first-order chi connectivity index (χ1) is 19.1. The third-order valence-corrected chi connectivity index (χ3v) is 10.3. The van der Waals surface area contributed by atoms with Gasteiger partial charge in [-0.05, 0) is 61.1 Å². The lowest BCUT2D eigenvalue weighted by atomic mass is 9.70. The van der Waals surface area contributed by atoms with Crippen LogP contribution < -0.4 is 10.6 Å². The number of ketones is 1. The molecular weight excluding hydrogens is 548 g/mol. The van der Waals surface area contributed by atoms with E-state index in [1.165, 1.54) is 34.5 Å². The van der Waals surface area contributed by atoms with Crippen LogP contribution >= 0.6 is 11.8 Å². The van der Waals surface area contributed by atoms with Crippen molar-refractivity contribution in [3.8, 4) is 6.07 Å². The standard InChI is InChI=1S/C29H32N4O5S2/c1-29(2)15-22-27(23(34)16-29)26(24-7-6-14-38-24)21(17-30)28(32-22)39-18-25(35)31-19-8-10-20(11-9-19)40(36,37)33-12-4-3-5-13-33/h6-11,14,26,32H,3-5,12-13,15-16,18H2,1-2H3,(H,31,35)/t26-/m1/s1. The largest absolute Gasteiger partial charge is 0.468 e. The number of hydrogen-bond acceptors (Lipinski definition) is 8. The number of piperidine rings is 1. The molecule has 1 saturated heterocycles. The van der Waals surface area contributed by atoms with Crippen LogP contribution in [0.15, 0.2) is 73.8 Å². The predicted octanol–water partition coefficient (Wildman–Crippen LogP) is 4.89. The van der Waals surface area contributed by atoms with Crippen LogP contribution in [0.25, 0.3) is 0 Å². The highest BCUT2D eigenvalue weighted by molar-refractivity contribution is 8.03. The number of carbonyl (C=O) groups excluding carboxylic acids is 2. The summed E-state index contributed by atoms with van der Waals surface area (Å²) in [6, 6.07) is 11.9. The third kappa shape index (κ3) is 5.75. The highest BCUT2D eigenvalue weighted by atomic mass is 32.2.